The van der Waals surface area contributed by atoms with E-state index in [2.05, 4.69) is 54.2 Å². The molecule has 0 amide bonds. The average Bonchev–Trinajstić information content (AvgIpc) is 2.40. The molecule has 0 saturated heterocycles. The molecule has 0 aromatic heterocycles. The summed E-state index contributed by atoms with van der Waals surface area (Å²) < 4.78 is 25.2. The van der Waals surface area contributed by atoms with E-state index in [9.17, 15) is 8.42 Å². The van der Waals surface area contributed by atoms with E-state index in [0.29, 0.717) is 19.0 Å². The van der Waals surface area contributed by atoms with Crippen molar-refractivity contribution in [1.82, 2.24) is 4.72 Å². The Morgan fingerprint density at radius 1 is 1.43 bits per heavy atom. The van der Waals surface area contributed by atoms with Crippen molar-refractivity contribution in [2.75, 3.05) is 24.2 Å². The molecule has 0 saturated carbocycles. The molecule has 1 aliphatic rings. The molecule has 0 fully saturated rings. The van der Waals surface area contributed by atoms with E-state index in [0.717, 1.165) is 17.7 Å². The van der Waals surface area contributed by atoms with Crippen molar-refractivity contribution in [3.63, 3.8) is 0 Å². The molecular weight excluding hydrogens is 310 g/mol. The van der Waals surface area contributed by atoms with Gasteiger partial charge in [0.05, 0.1) is 11.9 Å². The summed E-state index contributed by atoms with van der Waals surface area (Å²) in [6.45, 7) is 13.4. The van der Waals surface area contributed by atoms with Crippen molar-refractivity contribution >= 4 is 28.1 Å². The van der Waals surface area contributed by atoms with Gasteiger partial charge in [0.25, 0.3) is 0 Å². The molecule has 5 nitrogen and oxygen atoms in total. The summed E-state index contributed by atoms with van der Waals surface area (Å²) in [6.07, 6.45) is 2.20. The van der Waals surface area contributed by atoms with Crippen LogP contribution < -0.4 is 9.62 Å². The van der Waals surface area contributed by atoms with Crippen LogP contribution in [0.15, 0.2) is 17.1 Å². The van der Waals surface area contributed by atoms with Gasteiger partial charge in [-0.1, -0.05) is 6.92 Å². The Bertz CT molecular complexity index is 711. The molecule has 1 aromatic rings. The van der Waals surface area contributed by atoms with Crippen LogP contribution in [0.4, 0.5) is 11.4 Å². The summed E-state index contributed by atoms with van der Waals surface area (Å²) in [7, 11) is -3.17. The summed E-state index contributed by atoms with van der Waals surface area (Å²) in [5.74, 6) is 0.431. The molecular formula is C17H27N3O2S. The number of fused-ring (bicyclic) bond motifs is 1. The van der Waals surface area contributed by atoms with Gasteiger partial charge in [-0.05, 0) is 63.1 Å². The third-order valence-electron chi connectivity index (χ3n) is 4.57. The number of aryl methyl sites for hydroxylation is 1. The van der Waals surface area contributed by atoms with Crippen LogP contribution in [0.3, 0.4) is 0 Å². The summed E-state index contributed by atoms with van der Waals surface area (Å²) in [6, 6.07) is 4.27. The molecule has 0 aliphatic carbocycles. The second-order valence-corrected chi connectivity index (χ2v) is 8.92. The van der Waals surface area contributed by atoms with Crippen molar-refractivity contribution in [2.45, 2.75) is 45.6 Å². The first kappa shape index (κ1) is 17.9. The molecule has 6 heteroatoms. The van der Waals surface area contributed by atoms with Crippen molar-refractivity contribution < 1.29 is 8.42 Å². The van der Waals surface area contributed by atoms with Crippen LogP contribution in [0.25, 0.3) is 0 Å². The first-order valence-electron chi connectivity index (χ1n) is 7.89. The van der Waals surface area contributed by atoms with Gasteiger partial charge in [0.15, 0.2) is 0 Å². The maximum atomic E-state index is 11.3. The van der Waals surface area contributed by atoms with Gasteiger partial charge in [-0.2, -0.15) is 0 Å². The fraction of sp³-hybridized carbons (Fsp3) is 0.588. The first-order chi connectivity index (χ1) is 10.5. The number of sulfonamides is 1. The lowest BCUT2D eigenvalue weighted by Crippen LogP contribution is -2.51. The smallest absolute Gasteiger partial charge is 0.208 e. The van der Waals surface area contributed by atoms with Crippen LogP contribution in [-0.2, 0) is 10.0 Å². The van der Waals surface area contributed by atoms with E-state index in [1.54, 1.807) is 0 Å². The van der Waals surface area contributed by atoms with Crippen molar-refractivity contribution in [3.05, 3.63) is 23.3 Å². The largest absolute Gasteiger partial charge is 0.365 e. The molecule has 1 heterocycles. The van der Waals surface area contributed by atoms with E-state index in [4.69, 9.17) is 0 Å². The monoisotopic (exact) mass is 337 g/mol. The number of hydrogen-bond acceptors (Lipinski definition) is 4. The van der Waals surface area contributed by atoms with Gasteiger partial charge < -0.3 is 4.90 Å². The van der Waals surface area contributed by atoms with Gasteiger partial charge in [-0.3, -0.25) is 4.99 Å². The van der Waals surface area contributed by atoms with Crippen LogP contribution in [0, 0.1) is 6.92 Å². The second kappa shape index (κ2) is 6.24. The second-order valence-electron chi connectivity index (χ2n) is 7.09. The quantitative estimate of drug-likeness (QED) is 0.840. The highest BCUT2D eigenvalue weighted by molar-refractivity contribution is 7.88. The van der Waals surface area contributed by atoms with Gasteiger partial charge in [-0.25, -0.2) is 13.1 Å². The van der Waals surface area contributed by atoms with Crippen LogP contribution >= 0.6 is 0 Å². The van der Waals surface area contributed by atoms with Crippen molar-refractivity contribution in [2.24, 2.45) is 4.99 Å². The van der Waals surface area contributed by atoms with Crippen LogP contribution in [-0.4, -0.2) is 40.0 Å². The van der Waals surface area contributed by atoms with E-state index in [1.165, 1.54) is 17.5 Å². The zero-order chi connectivity index (χ0) is 17.4. The molecule has 1 unspecified atom stereocenters. The Hall–Kier alpha value is -1.40. The van der Waals surface area contributed by atoms with Crippen LogP contribution in [0.5, 0.6) is 0 Å². The predicted molar refractivity (Wildman–Crippen MR) is 97.7 cm³/mol. The molecule has 23 heavy (non-hydrogen) atoms. The van der Waals surface area contributed by atoms with E-state index in [1.807, 2.05) is 6.92 Å². The summed E-state index contributed by atoms with van der Waals surface area (Å²) in [5, 5.41) is 0. The Labute approximate surface area is 139 Å². The topological polar surface area (TPSA) is 61.8 Å². The maximum Gasteiger partial charge on any atom is 0.208 e. The molecule has 128 valence electrons. The van der Waals surface area contributed by atoms with E-state index < -0.39 is 10.0 Å². The summed E-state index contributed by atoms with van der Waals surface area (Å²) in [5.41, 5.74) is 4.42. The highest BCUT2D eigenvalue weighted by Gasteiger charge is 2.36. The van der Waals surface area contributed by atoms with Crippen LogP contribution in [0.2, 0.25) is 0 Å². The van der Waals surface area contributed by atoms with E-state index in [-0.39, 0.29) is 5.54 Å². The van der Waals surface area contributed by atoms with Gasteiger partial charge in [0.2, 0.25) is 10.0 Å². The summed E-state index contributed by atoms with van der Waals surface area (Å²) >= 11 is 0. The number of rotatable bonds is 5. The van der Waals surface area contributed by atoms with Gasteiger partial charge in [0, 0.05) is 24.3 Å². The molecule has 1 aromatic carbocycles. The SMILES string of the molecule is C=Nc1cc2c(cc1C)N(CCNS(C)(=O)=O)C(C)(C)CC2C. The zero-order valence-electron chi connectivity index (χ0n) is 14.7. The number of nitrogens with zero attached hydrogens (tertiary/aromatic N) is 2. The Morgan fingerprint density at radius 3 is 2.65 bits per heavy atom. The molecule has 0 spiro atoms. The van der Waals surface area contributed by atoms with Crippen LogP contribution in [0.1, 0.15) is 44.2 Å². The molecule has 1 aliphatic heterocycles. The summed E-state index contributed by atoms with van der Waals surface area (Å²) in [4.78, 5) is 6.41. The third kappa shape index (κ3) is 3.93. The zero-order valence-corrected chi connectivity index (χ0v) is 15.5. The van der Waals surface area contributed by atoms with Crippen molar-refractivity contribution in [3.8, 4) is 0 Å². The maximum absolute atomic E-state index is 11.3. The molecule has 1 N–H and O–H groups in total. The fourth-order valence-corrected chi connectivity index (χ4v) is 4.02. The Morgan fingerprint density at radius 2 is 2.09 bits per heavy atom. The lowest BCUT2D eigenvalue weighted by atomic mass is 9.79. The molecule has 0 radical (unpaired) electrons. The highest BCUT2D eigenvalue weighted by Crippen LogP contribution is 2.45. The average molecular weight is 337 g/mol. The first-order valence-corrected chi connectivity index (χ1v) is 9.78. The number of benzene rings is 1. The van der Waals surface area contributed by atoms with Gasteiger partial charge >= 0.3 is 0 Å². The third-order valence-corrected chi connectivity index (χ3v) is 5.30. The minimum atomic E-state index is -3.17. The fourth-order valence-electron chi connectivity index (χ4n) is 3.56. The standard InChI is InChI=1S/C17H27N3O2S/c1-12-9-16-14(10-15(12)18-5)13(2)11-17(3,4)20(16)8-7-19-23(6,21)22/h9-10,13,19H,5,7-8,11H2,1-4,6H3. The van der Waals surface area contributed by atoms with Gasteiger partial charge in [0.1, 0.15) is 0 Å². The highest BCUT2D eigenvalue weighted by atomic mass is 32.2. The normalized spacial score (nSPS) is 20.2. The molecule has 2 rings (SSSR count). The lowest BCUT2D eigenvalue weighted by Gasteiger charge is -2.48. The van der Waals surface area contributed by atoms with E-state index >= 15 is 0 Å². The Balaban J connectivity index is 2.39. The number of aliphatic imine (C=N–C) groups is 1. The minimum Gasteiger partial charge on any atom is -0.365 e. The Kier molecular flexibility index (Phi) is 4.87. The molecule has 1 atom stereocenters. The number of hydrogen-bond donors (Lipinski definition) is 1. The van der Waals surface area contributed by atoms with Gasteiger partial charge in [-0.15, -0.1) is 0 Å². The number of nitrogens with one attached hydrogen (secondary N) is 1. The minimum absolute atomic E-state index is 0.0266. The van der Waals surface area contributed by atoms with Crippen molar-refractivity contribution in [1.29, 1.82) is 0 Å². The lowest BCUT2D eigenvalue weighted by molar-refractivity contribution is 0.377. The number of anilines is 1. The molecule has 0 bridgehead atoms. The predicted octanol–water partition coefficient (Wildman–Crippen LogP) is 2.97.